The summed E-state index contributed by atoms with van der Waals surface area (Å²) in [5.74, 6) is -3.34. The van der Waals surface area contributed by atoms with E-state index in [1.165, 1.54) is 49.9 Å². The molecule has 0 aliphatic heterocycles. The molecule has 3 amide bonds. The van der Waals surface area contributed by atoms with Crippen molar-refractivity contribution in [2.24, 2.45) is 5.73 Å². The Kier molecular flexibility index (Phi) is 12.5. The molecule has 0 aliphatic rings. The fourth-order valence-electron chi connectivity index (χ4n) is 3.02. The van der Waals surface area contributed by atoms with E-state index in [-0.39, 0.29) is 12.2 Å². The maximum Gasteiger partial charge on any atom is 0.328 e. The van der Waals surface area contributed by atoms with Gasteiger partial charge < -0.3 is 42.1 Å². The molecule has 0 fully saturated rings. The van der Waals surface area contributed by atoms with Gasteiger partial charge in [0.2, 0.25) is 17.7 Å². The molecular weight excluding hydrogens is 480 g/mol. The number of amides is 3. The first-order valence-corrected chi connectivity index (χ1v) is 12.3. The van der Waals surface area contributed by atoms with Gasteiger partial charge in [-0.2, -0.15) is 11.8 Å². The highest BCUT2D eigenvalue weighted by Gasteiger charge is 2.33. The van der Waals surface area contributed by atoms with Gasteiger partial charge in [-0.3, -0.25) is 14.4 Å². The molecule has 1 aromatic rings. The second-order valence-electron chi connectivity index (χ2n) is 8.11. The van der Waals surface area contributed by atoms with Crippen molar-refractivity contribution in [3.8, 4) is 5.75 Å². The van der Waals surface area contributed by atoms with Crippen LogP contribution in [0.4, 0.5) is 0 Å². The Morgan fingerprint density at radius 1 is 0.914 bits per heavy atom. The quantitative estimate of drug-likeness (QED) is 0.141. The second-order valence-corrected chi connectivity index (χ2v) is 9.10. The zero-order valence-electron chi connectivity index (χ0n) is 19.8. The summed E-state index contributed by atoms with van der Waals surface area (Å²) >= 11 is 1.49. The van der Waals surface area contributed by atoms with Gasteiger partial charge in [-0.15, -0.1) is 0 Å². The summed E-state index contributed by atoms with van der Waals surface area (Å²) in [6, 6.07) is 0.431. The number of rotatable bonds is 14. The van der Waals surface area contributed by atoms with E-state index in [4.69, 9.17) is 5.73 Å². The van der Waals surface area contributed by atoms with Gasteiger partial charge in [-0.05, 0) is 50.0 Å². The van der Waals surface area contributed by atoms with Crippen LogP contribution in [-0.4, -0.2) is 92.5 Å². The number of nitrogens with one attached hydrogen (secondary N) is 3. The van der Waals surface area contributed by atoms with E-state index in [1.54, 1.807) is 0 Å². The Bertz CT molecular complexity index is 866. The molecule has 0 heterocycles. The molecule has 0 spiro atoms. The van der Waals surface area contributed by atoms with Crippen molar-refractivity contribution in [1.82, 2.24) is 16.0 Å². The number of carboxylic acid groups (broad SMARTS) is 1. The number of phenolic OH excluding ortho intramolecular Hbond substituents is 1. The number of phenols is 1. The molecule has 6 atom stereocenters. The van der Waals surface area contributed by atoms with Crippen LogP contribution >= 0.6 is 11.8 Å². The number of carbonyl (C=O) groups is 4. The molecule has 0 saturated carbocycles. The Morgan fingerprint density at radius 3 is 1.94 bits per heavy atom. The van der Waals surface area contributed by atoms with Crippen molar-refractivity contribution in [1.29, 1.82) is 0 Å². The highest BCUT2D eigenvalue weighted by molar-refractivity contribution is 7.98. The normalized spacial score (nSPS) is 16.2. The number of aliphatic hydroxyl groups is 2. The number of thioether (sulfide) groups is 1. The van der Waals surface area contributed by atoms with E-state index < -0.39 is 60.1 Å². The van der Waals surface area contributed by atoms with Gasteiger partial charge in [-0.1, -0.05) is 12.1 Å². The summed E-state index contributed by atoms with van der Waals surface area (Å²) in [7, 11) is 0. The summed E-state index contributed by atoms with van der Waals surface area (Å²) < 4.78 is 0. The molecule has 0 aromatic heterocycles. The Labute approximate surface area is 207 Å². The predicted molar refractivity (Wildman–Crippen MR) is 130 cm³/mol. The molecule has 13 heteroatoms. The summed E-state index contributed by atoms with van der Waals surface area (Å²) in [4.78, 5) is 49.6. The fourth-order valence-corrected chi connectivity index (χ4v) is 3.51. The van der Waals surface area contributed by atoms with Crippen LogP contribution in [0.2, 0.25) is 0 Å². The number of aliphatic carboxylic acids is 1. The lowest BCUT2D eigenvalue weighted by Gasteiger charge is -2.27. The molecule has 0 radical (unpaired) electrons. The monoisotopic (exact) mass is 514 g/mol. The Balaban J connectivity index is 3.10. The number of aliphatic hydroxyl groups excluding tert-OH is 2. The lowest BCUT2D eigenvalue weighted by atomic mass is 10.0. The maximum absolute atomic E-state index is 13.0. The molecule has 0 saturated heterocycles. The van der Waals surface area contributed by atoms with Crippen molar-refractivity contribution in [2.75, 3.05) is 12.0 Å². The standard InChI is InChI=1S/C22H34N4O8S/c1-11(27)17(25-19(30)15(23)8-9-35-3)21(32)24-16(10-13-4-6-14(29)7-5-13)20(31)26-18(12(2)28)22(33)34/h4-7,11-12,15-18,27-29H,8-10,23H2,1-3H3,(H,24,32)(H,25,30)(H,26,31)(H,33,34). The summed E-state index contributed by atoms with van der Waals surface area (Å²) in [6.07, 6.45) is -0.676. The van der Waals surface area contributed by atoms with Crippen molar-refractivity contribution in [3.63, 3.8) is 0 Å². The van der Waals surface area contributed by atoms with Crippen LogP contribution in [0.1, 0.15) is 25.8 Å². The topological polar surface area (TPSA) is 211 Å². The average Bonchev–Trinajstić information content (AvgIpc) is 2.79. The van der Waals surface area contributed by atoms with Crippen LogP contribution in [0.15, 0.2) is 24.3 Å². The number of carboxylic acids is 1. The summed E-state index contributed by atoms with van der Waals surface area (Å²) in [5, 5.41) is 45.5. The number of carbonyl (C=O) groups excluding carboxylic acids is 3. The van der Waals surface area contributed by atoms with Gasteiger partial charge >= 0.3 is 5.97 Å². The van der Waals surface area contributed by atoms with Crippen LogP contribution in [0.3, 0.4) is 0 Å². The van der Waals surface area contributed by atoms with E-state index in [0.29, 0.717) is 17.7 Å². The van der Waals surface area contributed by atoms with Crippen molar-refractivity contribution in [2.45, 2.75) is 63.1 Å². The van der Waals surface area contributed by atoms with E-state index in [9.17, 15) is 39.6 Å². The van der Waals surface area contributed by atoms with Gasteiger partial charge in [0.25, 0.3) is 0 Å². The van der Waals surface area contributed by atoms with Gasteiger partial charge in [0.05, 0.1) is 18.2 Å². The third kappa shape index (κ3) is 10.1. The molecule has 0 aliphatic carbocycles. The highest BCUT2D eigenvalue weighted by Crippen LogP contribution is 2.12. The third-order valence-corrected chi connectivity index (χ3v) is 5.73. The average molecular weight is 515 g/mol. The fraction of sp³-hybridized carbons (Fsp3) is 0.545. The van der Waals surface area contributed by atoms with Gasteiger partial charge in [-0.25, -0.2) is 4.79 Å². The molecule has 1 rings (SSSR count). The second kappa shape index (κ2) is 14.5. The lowest BCUT2D eigenvalue weighted by molar-refractivity contribution is -0.145. The molecule has 35 heavy (non-hydrogen) atoms. The predicted octanol–water partition coefficient (Wildman–Crippen LogP) is -1.68. The summed E-state index contributed by atoms with van der Waals surface area (Å²) in [6.45, 7) is 2.47. The molecule has 6 unspecified atom stereocenters. The first-order chi connectivity index (χ1) is 16.4. The lowest BCUT2D eigenvalue weighted by Crippen LogP contribution is -2.60. The number of aromatic hydroxyl groups is 1. The molecule has 12 nitrogen and oxygen atoms in total. The smallest absolute Gasteiger partial charge is 0.328 e. The van der Waals surface area contributed by atoms with E-state index >= 15 is 0 Å². The molecule has 196 valence electrons. The largest absolute Gasteiger partial charge is 0.508 e. The van der Waals surface area contributed by atoms with Gasteiger partial charge in [0, 0.05) is 6.42 Å². The number of hydrogen-bond acceptors (Lipinski definition) is 9. The van der Waals surface area contributed by atoms with Crippen molar-refractivity contribution in [3.05, 3.63) is 29.8 Å². The van der Waals surface area contributed by atoms with E-state index in [1.807, 2.05) is 6.26 Å². The minimum atomic E-state index is -1.64. The van der Waals surface area contributed by atoms with Crippen molar-refractivity contribution >= 4 is 35.5 Å². The minimum absolute atomic E-state index is 0.0199. The highest BCUT2D eigenvalue weighted by atomic mass is 32.2. The molecule has 0 bridgehead atoms. The first-order valence-electron chi connectivity index (χ1n) is 10.9. The zero-order valence-corrected chi connectivity index (χ0v) is 20.6. The van der Waals surface area contributed by atoms with Gasteiger partial charge in [0.1, 0.15) is 17.8 Å². The Morgan fingerprint density at radius 2 is 1.46 bits per heavy atom. The number of hydrogen-bond donors (Lipinski definition) is 8. The first kappa shape index (κ1) is 30.2. The third-order valence-electron chi connectivity index (χ3n) is 5.09. The van der Waals surface area contributed by atoms with Crippen LogP contribution in [0.5, 0.6) is 5.75 Å². The molecular formula is C22H34N4O8S. The summed E-state index contributed by atoms with van der Waals surface area (Å²) in [5.41, 5.74) is 6.34. The van der Waals surface area contributed by atoms with Crippen LogP contribution in [0.25, 0.3) is 0 Å². The molecule has 1 aromatic carbocycles. The van der Waals surface area contributed by atoms with Gasteiger partial charge in [0.15, 0.2) is 6.04 Å². The van der Waals surface area contributed by atoms with Crippen molar-refractivity contribution < 1.29 is 39.6 Å². The van der Waals surface area contributed by atoms with Crippen LogP contribution in [-0.2, 0) is 25.6 Å². The number of benzene rings is 1. The van der Waals surface area contributed by atoms with E-state index in [0.717, 1.165) is 0 Å². The number of nitrogens with two attached hydrogens (primary N) is 1. The SMILES string of the molecule is CSCCC(N)C(=O)NC(C(=O)NC(Cc1ccc(O)cc1)C(=O)NC(C(=O)O)C(C)O)C(C)O. The zero-order chi connectivity index (χ0) is 26.7. The van der Waals surface area contributed by atoms with Crippen LogP contribution < -0.4 is 21.7 Å². The van der Waals surface area contributed by atoms with Crippen LogP contribution in [0, 0.1) is 0 Å². The minimum Gasteiger partial charge on any atom is -0.508 e. The van der Waals surface area contributed by atoms with E-state index in [2.05, 4.69) is 16.0 Å². The maximum atomic E-state index is 13.0. The Hall–Kier alpha value is -2.87. The molecule has 9 N–H and O–H groups in total.